The quantitative estimate of drug-likeness (QED) is 0.215. The standard InChI is InChI=1S/C8H8O.2C7H8.C4H12O3Si.6C2H6/c1-7-2-4-8(6-9)5-3-7;2*1-7-5-3-2-4-6-7;1-5-8(4,6-2)7-3;6*1-2/h2-6H,1H3;2*2-6H,1H3;1-4H3;6*1-2H3. The topological polar surface area (TPSA) is 44.8 Å². The third-order valence-corrected chi connectivity index (χ3v) is 6.43. The molecule has 3 aromatic rings. The molecule has 0 bridgehead atoms. The Labute approximate surface area is 271 Å². The van der Waals surface area contributed by atoms with Gasteiger partial charge in [0.1, 0.15) is 6.29 Å². The van der Waals surface area contributed by atoms with Gasteiger partial charge in [0.2, 0.25) is 0 Å². The van der Waals surface area contributed by atoms with Crippen LogP contribution in [0.25, 0.3) is 0 Å². The Hall–Kier alpha value is -2.57. The van der Waals surface area contributed by atoms with Gasteiger partial charge in [-0.3, -0.25) is 4.79 Å². The molecule has 3 rings (SSSR count). The zero-order chi connectivity index (χ0) is 35.5. The maximum absolute atomic E-state index is 10.1. The Morgan fingerprint density at radius 2 is 0.674 bits per heavy atom. The van der Waals surface area contributed by atoms with E-state index < -0.39 is 8.80 Å². The van der Waals surface area contributed by atoms with E-state index in [1.807, 2.05) is 157 Å². The highest BCUT2D eigenvalue weighted by atomic mass is 28.4. The summed E-state index contributed by atoms with van der Waals surface area (Å²) in [7, 11) is 2.58. The SMILES string of the molecule is CC.CC.CC.CC.CC.CC.CO[Si](C)(OC)OC.Cc1ccc(C=O)cc1.Cc1ccccc1.Cc1ccccc1. The summed E-state index contributed by atoms with van der Waals surface area (Å²) in [5.41, 5.74) is 4.56. The molecule has 43 heavy (non-hydrogen) atoms. The first-order valence-electron chi connectivity index (χ1n) is 16.0. The van der Waals surface area contributed by atoms with Gasteiger partial charge in [0.15, 0.2) is 0 Å². The number of hydrogen-bond donors (Lipinski definition) is 0. The number of aldehydes is 1. The van der Waals surface area contributed by atoms with Crippen molar-refractivity contribution in [3.8, 4) is 0 Å². The highest BCUT2D eigenvalue weighted by Crippen LogP contribution is 2.02. The largest absolute Gasteiger partial charge is 0.496 e. The Balaban J connectivity index is -0.0000000720. The van der Waals surface area contributed by atoms with E-state index in [0.29, 0.717) is 0 Å². The lowest BCUT2D eigenvalue weighted by atomic mass is 10.2. The number of carbonyl (C=O) groups is 1. The molecule has 0 radical (unpaired) electrons. The Bertz CT molecular complexity index is 759. The van der Waals surface area contributed by atoms with Crippen LogP contribution < -0.4 is 0 Å². The predicted molar refractivity (Wildman–Crippen MR) is 200 cm³/mol. The van der Waals surface area contributed by atoms with E-state index >= 15 is 0 Å². The molecular weight excluding hydrogens is 549 g/mol. The van der Waals surface area contributed by atoms with Crippen LogP contribution in [0.15, 0.2) is 84.9 Å². The fourth-order valence-electron chi connectivity index (χ4n) is 1.96. The summed E-state index contributed by atoms with van der Waals surface area (Å²) >= 11 is 0. The van der Waals surface area contributed by atoms with Crippen molar-refractivity contribution in [1.82, 2.24) is 0 Å². The molecule has 0 aromatic heterocycles. The molecule has 0 saturated heterocycles. The third kappa shape index (κ3) is 46.6. The van der Waals surface area contributed by atoms with Gasteiger partial charge in [0.25, 0.3) is 0 Å². The minimum absolute atomic E-state index is 0.737. The smallest absolute Gasteiger partial charge is 0.377 e. The van der Waals surface area contributed by atoms with Crippen LogP contribution >= 0.6 is 0 Å². The van der Waals surface area contributed by atoms with Crippen LogP contribution in [0.5, 0.6) is 0 Å². The molecule has 0 spiro atoms. The fourth-order valence-corrected chi connectivity index (χ4v) is 2.46. The van der Waals surface area contributed by atoms with Crippen LogP contribution in [0, 0.1) is 20.8 Å². The van der Waals surface area contributed by atoms with Crippen molar-refractivity contribution in [2.45, 2.75) is 110 Å². The number of aryl methyl sites for hydroxylation is 3. The lowest BCUT2D eigenvalue weighted by Gasteiger charge is -2.18. The molecule has 0 atom stereocenters. The molecule has 0 N–H and O–H groups in total. The zero-order valence-electron chi connectivity index (χ0n) is 31.8. The second-order valence-electron chi connectivity index (χ2n) is 6.81. The van der Waals surface area contributed by atoms with Crippen LogP contribution in [0.3, 0.4) is 0 Å². The van der Waals surface area contributed by atoms with Crippen molar-refractivity contribution in [3.63, 3.8) is 0 Å². The molecule has 0 amide bonds. The van der Waals surface area contributed by atoms with Gasteiger partial charge in [-0.05, 0) is 20.8 Å². The molecule has 5 heteroatoms. The minimum Gasteiger partial charge on any atom is -0.377 e. The Kier molecular flexibility index (Phi) is 68.2. The molecule has 0 aliphatic rings. The molecule has 252 valence electrons. The number of benzene rings is 3. The number of carbonyl (C=O) groups excluding carboxylic acids is 1. The number of rotatable bonds is 4. The normalized spacial score (nSPS) is 7.79. The highest BCUT2D eigenvalue weighted by Gasteiger charge is 2.29. The summed E-state index contributed by atoms with van der Waals surface area (Å²) in [5.74, 6) is 0. The first-order valence-corrected chi connectivity index (χ1v) is 18.2. The van der Waals surface area contributed by atoms with Crippen molar-refractivity contribution in [2.24, 2.45) is 0 Å². The summed E-state index contributed by atoms with van der Waals surface area (Å²) in [4.78, 5) is 10.1. The van der Waals surface area contributed by atoms with E-state index in [1.165, 1.54) is 16.7 Å². The third-order valence-electron chi connectivity index (χ3n) is 4.21. The predicted octanol–water partition coefficient (Wildman–Crippen LogP) is 12.4. The zero-order valence-corrected chi connectivity index (χ0v) is 32.8. The lowest BCUT2D eigenvalue weighted by molar-refractivity contribution is 0.112. The van der Waals surface area contributed by atoms with Gasteiger partial charge in [-0.15, -0.1) is 0 Å². The van der Waals surface area contributed by atoms with Crippen molar-refractivity contribution < 1.29 is 18.1 Å². The first-order chi connectivity index (χ1) is 20.8. The molecule has 0 heterocycles. The minimum atomic E-state index is -2.17. The van der Waals surface area contributed by atoms with E-state index in [-0.39, 0.29) is 0 Å². The fraction of sp³-hybridized carbons (Fsp3) is 0.500. The summed E-state index contributed by atoms with van der Waals surface area (Å²) < 4.78 is 14.8. The van der Waals surface area contributed by atoms with Crippen molar-refractivity contribution in [2.75, 3.05) is 21.3 Å². The highest BCUT2D eigenvalue weighted by molar-refractivity contribution is 6.58. The average molecular weight is 621 g/mol. The second-order valence-corrected chi connectivity index (χ2v) is 9.76. The van der Waals surface area contributed by atoms with Gasteiger partial charge in [-0.1, -0.05) is 185 Å². The van der Waals surface area contributed by atoms with E-state index in [9.17, 15) is 4.79 Å². The molecule has 3 aromatic carbocycles. The second kappa shape index (κ2) is 52.1. The summed E-state index contributed by atoms with van der Waals surface area (Å²) in [6, 6.07) is 28.0. The van der Waals surface area contributed by atoms with Gasteiger partial charge in [-0.2, -0.15) is 0 Å². The van der Waals surface area contributed by atoms with Crippen LogP contribution in [0.4, 0.5) is 0 Å². The maximum atomic E-state index is 10.1. The van der Waals surface area contributed by atoms with Crippen molar-refractivity contribution in [1.29, 1.82) is 0 Å². The van der Waals surface area contributed by atoms with Crippen LogP contribution in [-0.2, 0) is 13.3 Å². The van der Waals surface area contributed by atoms with E-state index in [2.05, 4.69) is 38.1 Å². The summed E-state index contributed by atoms with van der Waals surface area (Å²) in [5, 5.41) is 0. The number of hydrogen-bond acceptors (Lipinski definition) is 4. The van der Waals surface area contributed by atoms with Crippen LogP contribution in [-0.4, -0.2) is 36.4 Å². The van der Waals surface area contributed by atoms with Gasteiger partial charge in [0.05, 0.1) is 0 Å². The van der Waals surface area contributed by atoms with Gasteiger partial charge >= 0.3 is 8.80 Å². The average Bonchev–Trinajstić information content (AvgIpc) is 3.11. The van der Waals surface area contributed by atoms with Gasteiger partial charge in [-0.25, -0.2) is 0 Å². The van der Waals surface area contributed by atoms with Crippen molar-refractivity contribution >= 4 is 15.1 Å². The van der Waals surface area contributed by atoms with Crippen LogP contribution in [0.2, 0.25) is 6.55 Å². The van der Waals surface area contributed by atoms with E-state index in [4.69, 9.17) is 13.3 Å². The summed E-state index contributed by atoms with van der Waals surface area (Å²) in [6.45, 7) is 32.0. The lowest BCUT2D eigenvalue weighted by Crippen LogP contribution is -2.38. The monoisotopic (exact) mass is 621 g/mol. The van der Waals surface area contributed by atoms with Crippen LogP contribution in [0.1, 0.15) is 110 Å². The van der Waals surface area contributed by atoms with Gasteiger partial charge in [0, 0.05) is 33.4 Å². The Morgan fingerprint density at radius 3 is 0.814 bits per heavy atom. The Morgan fingerprint density at radius 1 is 0.442 bits per heavy atom. The molecule has 4 nitrogen and oxygen atoms in total. The molecule has 0 fully saturated rings. The molecule has 0 aliphatic carbocycles. The van der Waals surface area contributed by atoms with E-state index in [0.717, 1.165) is 11.8 Å². The molecule has 0 aliphatic heterocycles. The molecule has 0 unspecified atom stereocenters. The maximum Gasteiger partial charge on any atom is 0.496 e. The van der Waals surface area contributed by atoms with Crippen molar-refractivity contribution in [3.05, 3.63) is 107 Å². The molecular formula is C38H72O4Si. The first kappa shape index (κ1) is 56.2. The van der Waals surface area contributed by atoms with E-state index in [1.54, 1.807) is 21.3 Å². The van der Waals surface area contributed by atoms with Gasteiger partial charge < -0.3 is 13.3 Å². The summed E-state index contributed by atoms with van der Waals surface area (Å²) in [6.07, 6.45) is 0.847. The molecule has 0 saturated carbocycles.